The van der Waals surface area contributed by atoms with E-state index in [0.29, 0.717) is 17.7 Å². The number of carbonyl (C=O) groups excluding carboxylic acids is 1. The maximum Gasteiger partial charge on any atom is 0.211 e. The first-order valence-corrected chi connectivity index (χ1v) is 8.38. The van der Waals surface area contributed by atoms with Gasteiger partial charge < -0.3 is 10.3 Å². The molecule has 2 aromatic rings. The summed E-state index contributed by atoms with van der Waals surface area (Å²) < 4.78 is 13.5. The van der Waals surface area contributed by atoms with Gasteiger partial charge in [-0.1, -0.05) is 19.6 Å². The number of nitrogens with two attached hydrogens (primary N) is 1. The Labute approximate surface area is 144 Å². The number of benzene rings is 1. The number of halogens is 1. The molecular formula is C18H20FN3OS. The summed E-state index contributed by atoms with van der Waals surface area (Å²) in [5.41, 5.74) is 3.77. The highest BCUT2D eigenvalue weighted by atomic mass is 32.2. The van der Waals surface area contributed by atoms with Crippen LogP contribution in [0.15, 0.2) is 53.3 Å². The van der Waals surface area contributed by atoms with E-state index in [9.17, 15) is 9.18 Å². The fourth-order valence-electron chi connectivity index (χ4n) is 2.72. The lowest BCUT2D eigenvalue weighted by Gasteiger charge is -2.11. The third-order valence-corrected chi connectivity index (χ3v) is 4.26. The highest BCUT2D eigenvalue weighted by Crippen LogP contribution is 2.33. The molecule has 1 heterocycles. The molecule has 4 nitrogen and oxygen atoms in total. The van der Waals surface area contributed by atoms with Crippen molar-refractivity contribution in [3.63, 3.8) is 0 Å². The molecule has 1 aromatic heterocycles. The van der Waals surface area contributed by atoms with Crippen LogP contribution in [0.3, 0.4) is 0 Å². The Morgan fingerprint density at radius 2 is 2.25 bits per heavy atom. The van der Waals surface area contributed by atoms with Gasteiger partial charge >= 0.3 is 0 Å². The van der Waals surface area contributed by atoms with Gasteiger partial charge in [0.15, 0.2) is 0 Å². The Bertz CT molecular complexity index is 836. The molecule has 126 valence electrons. The molecule has 0 radical (unpaired) electrons. The van der Waals surface area contributed by atoms with Crippen molar-refractivity contribution in [2.24, 2.45) is 5.14 Å². The number of aromatic nitrogens is 1. The van der Waals surface area contributed by atoms with Crippen LogP contribution in [0.1, 0.15) is 25.1 Å². The van der Waals surface area contributed by atoms with Gasteiger partial charge in [0.05, 0.1) is 5.69 Å². The van der Waals surface area contributed by atoms with Crippen LogP contribution in [-0.2, 0) is 11.2 Å². The second kappa shape index (κ2) is 7.99. The van der Waals surface area contributed by atoms with Crippen molar-refractivity contribution in [2.75, 3.05) is 0 Å². The summed E-state index contributed by atoms with van der Waals surface area (Å²) in [5, 5.41) is 9.29. The van der Waals surface area contributed by atoms with Crippen molar-refractivity contribution in [2.45, 2.75) is 25.2 Å². The van der Waals surface area contributed by atoms with Gasteiger partial charge in [0, 0.05) is 27.1 Å². The summed E-state index contributed by atoms with van der Waals surface area (Å²) in [6.45, 7) is 7.12. The maximum atomic E-state index is 13.5. The minimum Gasteiger partial charge on any atom is -0.354 e. The molecule has 0 aliphatic heterocycles. The van der Waals surface area contributed by atoms with Crippen molar-refractivity contribution in [3.05, 3.63) is 59.7 Å². The van der Waals surface area contributed by atoms with Gasteiger partial charge in [-0.25, -0.2) is 4.39 Å². The normalized spacial score (nSPS) is 12.5. The van der Waals surface area contributed by atoms with Gasteiger partial charge in [0.25, 0.3) is 0 Å². The van der Waals surface area contributed by atoms with Crippen molar-refractivity contribution in [1.82, 2.24) is 10.3 Å². The number of aryl methyl sites for hydroxylation is 1. The second-order valence-electron chi connectivity index (χ2n) is 5.13. The molecule has 4 N–H and O–H groups in total. The number of rotatable bonds is 7. The quantitative estimate of drug-likeness (QED) is 0.400. The number of nitrogens with one attached hydrogen (secondary N) is 2. The molecule has 0 saturated carbocycles. The largest absolute Gasteiger partial charge is 0.354 e. The molecule has 0 saturated heterocycles. The fourth-order valence-corrected chi connectivity index (χ4v) is 3.05. The van der Waals surface area contributed by atoms with Crippen molar-refractivity contribution < 1.29 is 9.18 Å². The molecule has 1 amide bonds. The van der Waals surface area contributed by atoms with Crippen LogP contribution in [0.4, 0.5) is 4.39 Å². The summed E-state index contributed by atoms with van der Waals surface area (Å²) in [5.74, 6) is -0.587. The summed E-state index contributed by atoms with van der Waals surface area (Å²) in [4.78, 5) is 15.2. The van der Waals surface area contributed by atoms with Crippen LogP contribution >= 0.6 is 11.9 Å². The maximum absolute atomic E-state index is 13.5. The number of hydrogen-bond donors (Lipinski definition) is 3. The predicted molar refractivity (Wildman–Crippen MR) is 98.9 cm³/mol. The highest BCUT2D eigenvalue weighted by molar-refractivity contribution is 7.97. The lowest BCUT2D eigenvalue weighted by molar-refractivity contribution is -0.108. The third-order valence-electron chi connectivity index (χ3n) is 3.73. The lowest BCUT2D eigenvalue weighted by atomic mass is 10.0. The molecule has 24 heavy (non-hydrogen) atoms. The first-order valence-electron chi connectivity index (χ1n) is 7.50. The molecule has 0 spiro atoms. The number of carbonyl (C=O) groups is 1. The topological polar surface area (TPSA) is 70.9 Å². The monoisotopic (exact) mass is 345 g/mol. The average molecular weight is 345 g/mol. The number of hydrogen-bond acceptors (Lipinski definition) is 3. The van der Waals surface area contributed by atoms with E-state index in [1.54, 1.807) is 13.0 Å². The molecule has 0 aliphatic rings. The van der Waals surface area contributed by atoms with Gasteiger partial charge in [-0.05, 0) is 55.1 Å². The van der Waals surface area contributed by atoms with E-state index in [1.807, 2.05) is 25.1 Å². The molecular weight excluding hydrogens is 325 g/mol. The minimum atomic E-state index is -0.587. The second-order valence-corrected chi connectivity index (χ2v) is 5.83. The Morgan fingerprint density at radius 1 is 1.50 bits per heavy atom. The van der Waals surface area contributed by atoms with E-state index in [4.69, 9.17) is 5.14 Å². The standard InChI is InChI=1S/C18H20FN3OS/c1-4-13-14-9-12(24-20)6-7-17(14)22-18(13)15(8-11(3)19)16(5-2)21-10-23/h5-10,22H,3-4,20H2,1-2H3,(H,21,23)/b15-8+,16-5+. The molecule has 0 bridgehead atoms. The van der Waals surface area contributed by atoms with Crippen molar-refractivity contribution in [3.8, 4) is 0 Å². The number of H-pyrrole nitrogens is 1. The number of aromatic amines is 1. The zero-order valence-corrected chi connectivity index (χ0v) is 14.5. The Kier molecular flexibility index (Phi) is 6.00. The van der Waals surface area contributed by atoms with Gasteiger partial charge in [-0.15, -0.1) is 0 Å². The molecule has 6 heteroatoms. The Hall–Kier alpha value is -2.31. The summed E-state index contributed by atoms with van der Waals surface area (Å²) in [6.07, 6.45) is 4.34. The summed E-state index contributed by atoms with van der Waals surface area (Å²) >= 11 is 1.18. The van der Waals surface area contributed by atoms with Crippen LogP contribution in [0.5, 0.6) is 0 Å². The molecule has 2 rings (SSSR count). The van der Waals surface area contributed by atoms with Gasteiger partial charge in [0.1, 0.15) is 5.83 Å². The Morgan fingerprint density at radius 3 is 2.79 bits per heavy atom. The van der Waals surface area contributed by atoms with Crippen LogP contribution in [0.2, 0.25) is 0 Å². The van der Waals surface area contributed by atoms with E-state index in [2.05, 4.69) is 16.9 Å². The van der Waals surface area contributed by atoms with Gasteiger partial charge in [-0.3, -0.25) is 9.93 Å². The summed E-state index contributed by atoms with van der Waals surface area (Å²) in [6, 6.07) is 5.87. The Balaban J connectivity index is 2.74. The molecule has 0 unspecified atom stereocenters. The van der Waals surface area contributed by atoms with E-state index in [1.165, 1.54) is 18.0 Å². The molecule has 0 fully saturated rings. The number of allylic oxidation sites excluding steroid dienone is 4. The smallest absolute Gasteiger partial charge is 0.211 e. The van der Waals surface area contributed by atoms with E-state index in [-0.39, 0.29) is 0 Å². The summed E-state index contributed by atoms with van der Waals surface area (Å²) in [7, 11) is 0. The lowest BCUT2D eigenvalue weighted by Crippen LogP contribution is -2.12. The molecule has 0 atom stereocenters. The van der Waals surface area contributed by atoms with Crippen molar-refractivity contribution in [1.29, 1.82) is 0 Å². The van der Waals surface area contributed by atoms with Crippen LogP contribution in [0, 0.1) is 0 Å². The van der Waals surface area contributed by atoms with Crippen LogP contribution < -0.4 is 10.5 Å². The fraction of sp³-hybridized carbons (Fsp3) is 0.167. The average Bonchev–Trinajstić information content (AvgIpc) is 2.94. The van der Waals surface area contributed by atoms with Crippen LogP contribution in [-0.4, -0.2) is 11.4 Å². The molecule has 0 aliphatic carbocycles. The third kappa shape index (κ3) is 3.60. The predicted octanol–water partition coefficient (Wildman–Crippen LogP) is 4.21. The first kappa shape index (κ1) is 18.0. The van der Waals surface area contributed by atoms with Gasteiger partial charge in [0.2, 0.25) is 6.41 Å². The van der Waals surface area contributed by atoms with E-state index in [0.717, 1.165) is 33.5 Å². The molecule has 1 aromatic carbocycles. The zero-order valence-electron chi connectivity index (χ0n) is 13.7. The first-order chi connectivity index (χ1) is 11.5. The number of fused-ring (bicyclic) bond motifs is 1. The number of amides is 1. The minimum absolute atomic E-state index is 0.512. The van der Waals surface area contributed by atoms with Crippen LogP contribution in [0.25, 0.3) is 16.5 Å². The SMILES string of the molecule is C=C(F)/C=C(\C(=C/C)NC=O)c1[nH]c2ccc(SN)cc2c1CC. The zero-order chi connectivity index (χ0) is 17.7. The van der Waals surface area contributed by atoms with E-state index >= 15 is 0 Å². The van der Waals surface area contributed by atoms with Gasteiger partial charge in [-0.2, -0.15) is 0 Å². The van der Waals surface area contributed by atoms with Crippen molar-refractivity contribution >= 4 is 34.8 Å². The highest BCUT2D eigenvalue weighted by Gasteiger charge is 2.17. The van der Waals surface area contributed by atoms with E-state index < -0.39 is 5.83 Å².